The van der Waals surface area contributed by atoms with Crippen LogP contribution in [0, 0.1) is 27.0 Å². The monoisotopic (exact) mass is 542 g/mol. The SMILES string of the molecule is CC1=[C-]c2c(ccc3ccccc23)C1.CC1=[C-]c2c(ccc3ccccc23)C1.Cl.[CH3-].[CH3-].[Si]=[Zr]. The zero-order valence-electron chi connectivity index (χ0n) is 19.8. The van der Waals surface area contributed by atoms with Gasteiger partial charge in [0.2, 0.25) is 0 Å². The summed E-state index contributed by atoms with van der Waals surface area (Å²) in [4.78, 5) is 0. The molecule has 0 bridgehead atoms. The fourth-order valence-electron chi connectivity index (χ4n) is 4.31. The molecule has 2 aliphatic rings. The molecule has 0 aromatic heterocycles. The molecule has 0 fully saturated rings. The van der Waals surface area contributed by atoms with Crippen molar-refractivity contribution in [3.63, 3.8) is 0 Å². The van der Waals surface area contributed by atoms with E-state index in [0.717, 1.165) is 12.8 Å². The van der Waals surface area contributed by atoms with Crippen LogP contribution in [0.4, 0.5) is 0 Å². The molecule has 4 aromatic rings. The molecule has 0 unspecified atom stereocenters. The zero-order valence-corrected chi connectivity index (χ0v) is 24.0. The summed E-state index contributed by atoms with van der Waals surface area (Å²) >= 11 is 1.36. The van der Waals surface area contributed by atoms with Crippen molar-refractivity contribution in [2.75, 3.05) is 0 Å². The van der Waals surface area contributed by atoms with E-state index in [4.69, 9.17) is 0 Å². The van der Waals surface area contributed by atoms with Gasteiger partial charge in [-0.2, -0.15) is 23.3 Å². The summed E-state index contributed by atoms with van der Waals surface area (Å²) in [6.07, 6.45) is 9.05. The predicted octanol–water partition coefficient (Wildman–Crippen LogP) is 7.93. The number of benzene rings is 4. The van der Waals surface area contributed by atoms with Crippen LogP contribution in [-0.4, -0.2) is 6.88 Å². The standard InChI is InChI=1S/2C14H11.2CH3.ClH.Si.Zr/c2*1-10-8-12-7-6-11-4-2-3-5-13(11)14(12)9-10;;;;;/h2*2-7H,8H2,1H3;2*1H3;1H;;/q4*-1;;;. The van der Waals surface area contributed by atoms with E-state index < -0.39 is 0 Å². The van der Waals surface area contributed by atoms with E-state index in [9.17, 15) is 0 Å². The molecule has 0 amide bonds. The molecule has 0 atom stereocenters. The molecule has 2 aliphatic carbocycles. The van der Waals surface area contributed by atoms with E-state index in [1.165, 1.54) is 78.3 Å². The molecular formula is C30H29ClSiZr-4. The molecule has 3 heteroatoms. The summed E-state index contributed by atoms with van der Waals surface area (Å²) in [6.45, 7) is 7.36. The summed E-state index contributed by atoms with van der Waals surface area (Å²) in [6, 6.07) is 25.9. The van der Waals surface area contributed by atoms with Crippen molar-refractivity contribution in [3.05, 3.63) is 133 Å². The van der Waals surface area contributed by atoms with Crippen LogP contribution in [0.1, 0.15) is 36.1 Å². The minimum absolute atomic E-state index is 0. The van der Waals surface area contributed by atoms with Crippen LogP contribution in [-0.2, 0) is 36.2 Å². The van der Waals surface area contributed by atoms with Crippen molar-refractivity contribution < 1.29 is 23.3 Å². The van der Waals surface area contributed by atoms with Gasteiger partial charge in [0.15, 0.2) is 0 Å². The van der Waals surface area contributed by atoms with E-state index in [1.54, 1.807) is 0 Å². The maximum atomic E-state index is 3.46. The Morgan fingerprint density at radius 2 is 0.970 bits per heavy atom. The average molecular weight is 544 g/mol. The first-order valence-corrected chi connectivity index (χ1v) is 14.3. The van der Waals surface area contributed by atoms with Crippen LogP contribution < -0.4 is 0 Å². The Hall–Kier alpha value is -1.73. The second kappa shape index (κ2) is 13.2. The molecule has 0 spiro atoms. The van der Waals surface area contributed by atoms with Crippen molar-refractivity contribution in [3.8, 4) is 0 Å². The quantitative estimate of drug-likeness (QED) is 0.156. The molecular weight excluding hydrogens is 515 g/mol. The number of hydrogen-bond acceptors (Lipinski definition) is 0. The molecule has 0 N–H and O–H groups in total. The Kier molecular flexibility index (Phi) is 11.7. The molecule has 6 rings (SSSR count). The first kappa shape index (κ1) is 29.3. The predicted molar refractivity (Wildman–Crippen MR) is 144 cm³/mol. The third kappa shape index (κ3) is 6.24. The van der Waals surface area contributed by atoms with Gasteiger partial charge in [0.05, 0.1) is 0 Å². The molecule has 4 aromatic carbocycles. The van der Waals surface area contributed by atoms with Gasteiger partial charge in [0.25, 0.3) is 0 Å². The molecule has 0 aliphatic heterocycles. The normalized spacial score (nSPS) is 12.2. The van der Waals surface area contributed by atoms with E-state index >= 15 is 0 Å². The molecule has 0 nitrogen and oxygen atoms in total. The summed E-state index contributed by atoms with van der Waals surface area (Å²) in [7, 11) is 0. The van der Waals surface area contributed by atoms with Gasteiger partial charge in [0, 0.05) is 0 Å². The topological polar surface area (TPSA) is 0 Å². The van der Waals surface area contributed by atoms with Crippen LogP contribution in [0.5, 0.6) is 0 Å². The van der Waals surface area contributed by atoms with Gasteiger partial charge < -0.3 is 14.9 Å². The minimum atomic E-state index is 0. The van der Waals surface area contributed by atoms with Gasteiger partial charge in [-0.15, -0.1) is 69.7 Å². The molecule has 33 heavy (non-hydrogen) atoms. The second-order valence-electron chi connectivity index (χ2n) is 7.81. The Bertz CT molecular complexity index is 1200. The number of allylic oxidation sites excluding steroid dienone is 2. The molecule has 0 saturated heterocycles. The van der Waals surface area contributed by atoms with Crippen LogP contribution in [0.25, 0.3) is 21.5 Å². The van der Waals surface area contributed by atoms with Crippen LogP contribution in [0.3, 0.4) is 0 Å². The van der Waals surface area contributed by atoms with Gasteiger partial charge in [-0.1, -0.05) is 86.0 Å². The second-order valence-corrected chi connectivity index (χ2v) is 7.81. The zero-order chi connectivity index (χ0) is 21.1. The number of halogens is 1. The Balaban J connectivity index is 0.000000283. The van der Waals surface area contributed by atoms with E-state index in [2.05, 4.69) is 106 Å². The fraction of sp³-hybridized carbons (Fsp3) is 0.133. The van der Waals surface area contributed by atoms with Crippen LogP contribution >= 0.6 is 12.4 Å². The fourth-order valence-corrected chi connectivity index (χ4v) is 4.31. The van der Waals surface area contributed by atoms with Crippen molar-refractivity contribution in [1.29, 1.82) is 0 Å². The molecule has 0 heterocycles. The third-order valence-electron chi connectivity index (χ3n) is 5.62. The van der Waals surface area contributed by atoms with Crippen molar-refractivity contribution >= 4 is 40.8 Å². The van der Waals surface area contributed by atoms with Crippen LogP contribution in [0.2, 0.25) is 0 Å². The maximum absolute atomic E-state index is 3.46. The Morgan fingerprint density at radius 1 is 0.606 bits per heavy atom. The Labute approximate surface area is 222 Å². The number of fused-ring (bicyclic) bond motifs is 6. The number of hydrogen-bond donors (Lipinski definition) is 0. The number of rotatable bonds is 0. The van der Waals surface area contributed by atoms with Gasteiger partial charge >= 0.3 is 30.2 Å². The summed E-state index contributed by atoms with van der Waals surface area (Å²) in [5.74, 6) is 0. The van der Waals surface area contributed by atoms with Gasteiger partial charge in [0.1, 0.15) is 0 Å². The Morgan fingerprint density at radius 3 is 1.36 bits per heavy atom. The van der Waals surface area contributed by atoms with Crippen molar-refractivity contribution in [1.82, 2.24) is 0 Å². The van der Waals surface area contributed by atoms with Gasteiger partial charge in [-0.3, -0.25) is 0 Å². The molecule has 2 radical (unpaired) electrons. The van der Waals surface area contributed by atoms with Crippen molar-refractivity contribution in [2.24, 2.45) is 0 Å². The van der Waals surface area contributed by atoms with E-state index in [-0.39, 0.29) is 27.3 Å². The average Bonchev–Trinajstić information content (AvgIpc) is 3.37. The van der Waals surface area contributed by atoms with E-state index in [0.29, 0.717) is 0 Å². The summed E-state index contributed by atoms with van der Waals surface area (Å²) in [5.41, 5.74) is 8.14. The molecule has 0 saturated carbocycles. The summed E-state index contributed by atoms with van der Waals surface area (Å²) < 4.78 is 0. The van der Waals surface area contributed by atoms with E-state index in [1.807, 2.05) is 0 Å². The molecule has 168 valence electrons. The first-order chi connectivity index (χ1) is 14.7. The summed E-state index contributed by atoms with van der Waals surface area (Å²) in [5, 5.41) is 5.30. The first-order valence-electron chi connectivity index (χ1n) is 10.1. The third-order valence-corrected chi connectivity index (χ3v) is 5.62. The van der Waals surface area contributed by atoms with Crippen LogP contribution in [0.15, 0.2) is 83.9 Å². The van der Waals surface area contributed by atoms with Gasteiger partial charge in [-0.05, 0) is 0 Å². The van der Waals surface area contributed by atoms with Crippen molar-refractivity contribution in [2.45, 2.75) is 26.7 Å². The van der Waals surface area contributed by atoms with Gasteiger partial charge in [-0.25, -0.2) is 0 Å².